The largest absolute Gasteiger partial charge is 0.395 e. The highest BCUT2D eigenvalue weighted by molar-refractivity contribution is 5.99. The predicted molar refractivity (Wildman–Crippen MR) is 137 cm³/mol. The number of aliphatic hydroxyl groups is 1. The molecule has 0 fully saturated rings. The van der Waals surface area contributed by atoms with Crippen LogP contribution in [0.3, 0.4) is 0 Å². The average Bonchev–Trinajstić information content (AvgIpc) is 2.87. The number of nitrogens with zero attached hydrogens (tertiary/aromatic N) is 3. The van der Waals surface area contributed by atoms with Gasteiger partial charge >= 0.3 is 0 Å². The van der Waals surface area contributed by atoms with Crippen molar-refractivity contribution in [3.63, 3.8) is 0 Å². The predicted octanol–water partition coefficient (Wildman–Crippen LogP) is 3.19. The Hall–Kier alpha value is -3.82. The molecule has 0 atom stereocenters. The Morgan fingerprint density at radius 3 is 2.86 bits per heavy atom. The number of aliphatic hydroxyl groups excluding tert-OH is 1. The maximum Gasteiger partial charge on any atom is 0.256 e. The Kier molecular flexibility index (Phi) is 7.38. The molecule has 2 aromatic heterocycles. The molecule has 0 radical (unpaired) electrons. The van der Waals surface area contributed by atoms with Gasteiger partial charge in [-0.15, -0.1) is 6.58 Å². The highest BCUT2D eigenvalue weighted by Crippen LogP contribution is 2.26. The Bertz CT molecular complexity index is 1230. The summed E-state index contributed by atoms with van der Waals surface area (Å²) >= 11 is 0. The molecule has 0 unspecified atom stereocenters. The van der Waals surface area contributed by atoms with E-state index < -0.39 is 5.41 Å². The molecular weight excluding hydrogens is 442 g/mol. The van der Waals surface area contributed by atoms with Crippen molar-refractivity contribution in [2.75, 3.05) is 30.3 Å². The first-order chi connectivity index (χ1) is 16.9. The van der Waals surface area contributed by atoms with Crippen LogP contribution < -0.4 is 21.3 Å². The first-order valence-electron chi connectivity index (χ1n) is 11.6. The number of carbonyl (C=O) groups excluding carboxylic acids is 1. The molecule has 0 aliphatic carbocycles. The highest BCUT2D eigenvalue weighted by Gasteiger charge is 2.22. The fourth-order valence-electron chi connectivity index (χ4n) is 3.73. The average molecular weight is 474 g/mol. The summed E-state index contributed by atoms with van der Waals surface area (Å²) < 4.78 is 0. The van der Waals surface area contributed by atoms with E-state index in [-0.39, 0.29) is 18.1 Å². The van der Waals surface area contributed by atoms with Gasteiger partial charge in [-0.25, -0.2) is 9.97 Å². The number of pyridine rings is 1. The van der Waals surface area contributed by atoms with Crippen molar-refractivity contribution in [1.29, 1.82) is 0 Å². The molecule has 0 spiro atoms. The molecule has 0 saturated carbocycles. The number of hydrogen-bond acceptors (Lipinski definition) is 8. The van der Waals surface area contributed by atoms with Crippen LogP contribution >= 0.6 is 0 Å². The van der Waals surface area contributed by atoms with Crippen LogP contribution in [0.2, 0.25) is 0 Å². The van der Waals surface area contributed by atoms with Crippen molar-refractivity contribution in [2.45, 2.75) is 32.2 Å². The molecule has 3 heterocycles. The normalized spacial score (nSPS) is 13.0. The van der Waals surface area contributed by atoms with Crippen LogP contribution in [0.15, 0.2) is 55.3 Å². The van der Waals surface area contributed by atoms with Gasteiger partial charge in [0, 0.05) is 30.4 Å². The van der Waals surface area contributed by atoms with Gasteiger partial charge in [0.15, 0.2) is 0 Å². The van der Waals surface area contributed by atoms with Gasteiger partial charge in [0.05, 0.1) is 12.3 Å². The third-order valence-corrected chi connectivity index (χ3v) is 5.87. The van der Waals surface area contributed by atoms with Crippen LogP contribution in [0.25, 0.3) is 0 Å². The molecule has 0 saturated heterocycles. The molecule has 0 bridgehead atoms. The number of hydrogen-bond donors (Lipinski definition) is 5. The van der Waals surface area contributed by atoms with E-state index in [0.717, 1.165) is 30.9 Å². The van der Waals surface area contributed by atoms with E-state index in [1.54, 1.807) is 12.1 Å². The topological polar surface area (TPSA) is 124 Å². The number of nitrogens with one attached hydrogen (secondary N) is 4. The number of amides is 1. The van der Waals surface area contributed by atoms with Crippen molar-refractivity contribution in [1.82, 2.24) is 25.6 Å². The van der Waals surface area contributed by atoms with Gasteiger partial charge in [0.1, 0.15) is 17.2 Å². The van der Waals surface area contributed by atoms with Gasteiger partial charge < -0.3 is 26.4 Å². The zero-order valence-electron chi connectivity index (χ0n) is 20.1. The van der Waals surface area contributed by atoms with E-state index in [2.05, 4.69) is 54.9 Å². The molecule has 9 heteroatoms. The Labute approximate surface area is 205 Å². The van der Waals surface area contributed by atoms with Crippen molar-refractivity contribution in [2.24, 2.45) is 0 Å². The molecule has 1 aliphatic rings. The summed E-state index contributed by atoms with van der Waals surface area (Å²) in [4.78, 5) is 26.3. The van der Waals surface area contributed by atoms with Crippen LogP contribution in [0, 0.1) is 0 Å². The van der Waals surface area contributed by atoms with Gasteiger partial charge in [-0.2, -0.15) is 4.98 Å². The maximum atomic E-state index is 12.8. The van der Waals surface area contributed by atoms with Crippen molar-refractivity contribution in [3.05, 3.63) is 77.6 Å². The number of carbonyl (C=O) groups is 1. The second kappa shape index (κ2) is 10.6. The fraction of sp³-hybridized carbons (Fsp3) is 0.308. The Balaban J connectivity index is 1.64. The molecule has 9 nitrogen and oxygen atoms in total. The van der Waals surface area contributed by atoms with Crippen molar-refractivity contribution in [3.8, 4) is 0 Å². The molecule has 3 aromatic rings. The van der Waals surface area contributed by atoms with E-state index in [4.69, 9.17) is 0 Å². The van der Waals surface area contributed by atoms with Crippen LogP contribution in [0.1, 0.15) is 41.0 Å². The molecule has 4 rings (SSSR count). The minimum Gasteiger partial charge on any atom is -0.395 e. The first-order valence-corrected chi connectivity index (χ1v) is 11.6. The van der Waals surface area contributed by atoms with Crippen molar-refractivity contribution < 1.29 is 9.90 Å². The Morgan fingerprint density at radius 2 is 2.06 bits per heavy atom. The van der Waals surface area contributed by atoms with Crippen LogP contribution in [-0.4, -0.2) is 45.7 Å². The van der Waals surface area contributed by atoms with Gasteiger partial charge in [-0.3, -0.25) is 4.79 Å². The number of aromatic nitrogens is 3. The summed E-state index contributed by atoms with van der Waals surface area (Å²) in [5, 5.41) is 22.3. The van der Waals surface area contributed by atoms with E-state index in [1.807, 2.05) is 32.0 Å². The summed E-state index contributed by atoms with van der Waals surface area (Å²) in [5.74, 6) is 0.843. The number of benzene rings is 1. The summed E-state index contributed by atoms with van der Waals surface area (Å²) in [7, 11) is 0. The fourth-order valence-corrected chi connectivity index (χ4v) is 3.73. The molecule has 1 aliphatic heterocycles. The first kappa shape index (κ1) is 24.3. The maximum absolute atomic E-state index is 12.8. The summed E-state index contributed by atoms with van der Waals surface area (Å²) in [6.45, 7) is 9.55. The lowest BCUT2D eigenvalue weighted by Crippen LogP contribution is -2.25. The number of anilines is 4. The minimum atomic E-state index is -0.512. The third kappa shape index (κ3) is 5.82. The molecule has 5 N–H and O–H groups in total. The van der Waals surface area contributed by atoms with E-state index in [0.29, 0.717) is 24.1 Å². The SMILES string of the molecule is C=CCNC(=O)c1cnc(Nc2ccc3c(c2)CNCC3)nc1Nc1cccc(C(C)(C)CO)n1. The molecule has 182 valence electrons. The van der Waals surface area contributed by atoms with Crippen molar-refractivity contribution >= 4 is 29.2 Å². The summed E-state index contributed by atoms with van der Waals surface area (Å²) in [6, 6.07) is 11.7. The van der Waals surface area contributed by atoms with Gasteiger partial charge in [0.25, 0.3) is 5.91 Å². The molecule has 1 amide bonds. The molecule has 1 aromatic carbocycles. The monoisotopic (exact) mass is 473 g/mol. The van der Waals surface area contributed by atoms with Crippen LogP contribution in [0.4, 0.5) is 23.3 Å². The second-order valence-electron chi connectivity index (χ2n) is 9.06. The quantitative estimate of drug-likeness (QED) is 0.300. The van der Waals surface area contributed by atoms with Gasteiger partial charge in [0.2, 0.25) is 5.95 Å². The van der Waals surface area contributed by atoms with Crippen LogP contribution in [0.5, 0.6) is 0 Å². The summed E-state index contributed by atoms with van der Waals surface area (Å²) in [5.41, 5.74) is 3.93. The van der Waals surface area contributed by atoms with Gasteiger partial charge in [-0.1, -0.05) is 32.1 Å². The molecular formula is C26H31N7O2. The van der Waals surface area contributed by atoms with Crippen LogP contribution in [-0.2, 0) is 18.4 Å². The lowest BCUT2D eigenvalue weighted by Gasteiger charge is -2.21. The summed E-state index contributed by atoms with van der Waals surface area (Å²) in [6.07, 6.45) is 4.10. The van der Waals surface area contributed by atoms with E-state index in [9.17, 15) is 9.90 Å². The standard InChI is InChI=1S/C26H31N7O2/c1-4-11-28-24(35)20-15-29-25(30-19-9-8-17-10-12-27-14-18(17)13-19)33-23(20)32-22-7-5-6-21(31-22)26(2,3)16-34/h4-9,13,15,27,34H,1,10-12,14,16H2,2-3H3,(H,28,35)(H2,29,30,31,32,33). The zero-order valence-corrected chi connectivity index (χ0v) is 20.1. The van der Waals surface area contributed by atoms with E-state index >= 15 is 0 Å². The lowest BCUT2D eigenvalue weighted by atomic mass is 9.90. The third-order valence-electron chi connectivity index (χ3n) is 5.87. The second-order valence-corrected chi connectivity index (χ2v) is 9.06. The minimum absolute atomic E-state index is 0.0451. The zero-order chi connectivity index (χ0) is 24.8. The number of rotatable bonds is 9. The highest BCUT2D eigenvalue weighted by atomic mass is 16.3. The lowest BCUT2D eigenvalue weighted by molar-refractivity contribution is 0.0958. The van der Waals surface area contributed by atoms with Gasteiger partial charge in [-0.05, 0) is 48.4 Å². The molecule has 35 heavy (non-hydrogen) atoms. The smallest absolute Gasteiger partial charge is 0.256 e. The Morgan fingerprint density at radius 1 is 1.20 bits per heavy atom. The van der Waals surface area contributed by atoms with E-state index in [1.165, 1.54) is 17.3 Å². The number of fused-ring (bicyclic) bond motifs is 1.